The molecule has 2 aliphatic heterocycles. The Morgan fingerprint density at radius 1 is 1.43 bits per heavy atom. The van der Waals surface area contributed by atoms with E-state index in [-0.39, 0.29) is 17.6 Å². The Labute approximate surface area is 140 Å². The van der Waals surface area contributed by atoms with Crippen LogP contribution in [0.3, 0.4) is 0 Å². The van der Waals surface area contributed by atoms with Crippen LogP contribution in [0.4, 0.5) is 0 Å². The van der Waals surface area contributed by atoms with E-state index in [9.17, 15) is 14.4 Å². The van der Waals surface area contributed by atoms with Crippen molar-refractivity contribution in [3.63, 3.8) is 0 Å². The van der Waals surface area contributed by atoms with Crippen molar-refractivity contribution in [3.8, 4) is 0 Å². The number of hydrogen-bond acceptors (Lipinski definition) is 5. The first-order valence-corrected chi connectivity index (χ1v) is 9.23. The summed E-state index contributed by atoms with van der Waals surface area (Å²) in [4.78, 5) is 38.7. The molecule has 0 bridgehead atoms. The summed E-state index contributed by atoms with van der Waals surface area (Å²) in [6, 6.07) is -0.740. The molecule has 8 heteroatoms. The molecule has 0 spiro atoms. The van der Waals surface area contributed by atoms with E-state index in [0.717, 1.165) is 12.8 Å². The van der Waals surface area contributed by atoms with Gasteiger partial charge in [0.1, 0.15) is 11.6 Å². The van der Waals surface area contributed by atoms with Gasteiger partial charge < -0.3 is 20.7 Å². The molecule has 1 unspecified atom stereocenters. The van der Waals surface area contributed by atoms with Crippen LogP contribution >= 0.6 is 11.8 Å². The van der Waals surface area contributed by atoms with Crippen molar-refractivity contribution in [1.82, 2.24) is 10.2 Å². The zero-order chi connectivity index (χ0) is 16.9. The molecule has 2 heterocycles. The smallest absolute Gasteiger partial charge is 0.246 e. The molecule has 3 N–H and O–H groups in total. The van der Waals surface area contributed by atoms with E-state index in [0.29, 0.717) is 38.4 Å². The summed E-state index contributed by atoms with van der Waals surface area (Å²) in [7, 11) is 0. The largest absolute Gasteiger partial charge is 0.381 e. The van der Waals surface area contributed by atoms with Crippen LogP contribution < -0.4 is 11.1 Å². The number of unbranched alkanes of at least 4 members (excludes halogenated alkanes) is 1. The van der Waals surface area contributed by atoms with Gasteiger partial charge in [-0.25, -0.2) is 0 Å². The first kappa shape index (κ1) is 18.1. The van der Waals surface area contributed by atoms with Crippen LogP contribution in [0, 0.1) is 0 Å². The predicted molar refractivity (Wildman–Crippen MR) is 87.9 cm³/mol. The summed E-state index contributed by atoms with van der Waals surface area (Å²) < 4.78 is 5.38. The molecule has 2 rings (SSSR count). The number of nitrogens with zero attached hydrogens (tertiary/aromatic N) is 1. The second kappa shape index (κ2) is 8.01. The third kappa shape index (κ3) is 3.80. The monoisotopic (exact) mass is 343 g/mol. The van der Waals surface area contributed by atoms with Gasteiger partial charge in [0.05, 0.1) is 5.75 Å². The molecule has 1 atom stereocenters. The SMILES string of the molecule is CCCCNC(=O)C1(N2C(=O)CSCC2C(N)=O)CCOCC1. The van der Waals surface area contributed by atoms with E-state index < -0.39 is 17.5 Å². The van der Waals surface area contributed by atoms with Crippen molar-refractivity contribution in [2.24, 2.45) is 5.73 Å². The van der Waals surface area contributed by atoms with Crippen molar-refractivity contribution in [2.75, 3.05) is 31.3 Å². The molecular weight excluding hydrogens is 318 g/mol. The molecule has 7 nitrogen and oxygen atoms in total. The summed E-state index contributed by atoms with van der Waals surface area (Å²) in [6.07, 6.45) is 2.64. The molecule has 0 aliphatic carbocycles. The molecule has 0 radical (unpaired) electrons. The van der Waals surface area contributed by atoms with Crippen LogP contribution in [0.15, 0.2) is 0 Å². The van der Waals surface area contributed by atoms with Gasteiger partial charge in [-0.1, -0.05) is 13.3 Å². The summed E-state index contributed by atoms with van der Waals surface area (Å²) in [6.45, 7) is 3.40. The van der Waals surface area contributed by atoms with Crippen molar-refractivity contribution < 1.29 is 19.1 Å². The van der Waals surface area contributed by atoms with Gasteiger partial charge in [-0.3, -0.25) is 14.4 Å². The lowest BCUT2D eigenvalue weighted by molar-refractivity contribution is -0.159. The van der Waals surface area contributed by atoms with Crippen LogP contribution in [0.2, 0.25) is 0 Å². The highest BCUT2D eigenvalue weighted by atomic mass is 32.2. The maximum Gasteiger partial charge on any atom is 0.246 e. The van der Waals surface area contributed by atoms with E-state index in [1.54, 1.807) is 0 Å². The summed E-state index contributed by atoms with van der Waals surface area (Å²) in [5, 5.41) is 2.92. The molecule has 23 heavy (non-hydrogen) atoms. The molecular formula is C15H25N3O4S. The van der Waals surface area contributed by atoms with Crippen LogP contribution in [-0.2, 0) is 19.1 Å². The van der Waals surface area contributed by atoms with Crippen molar-refractivity contribution in [1.29, 1.82) is 0 Å². The minimum absolute atomic E-state index is 0.194. The predicted octanol–water partition coefficient (Wildman–Crippen LogP) is -0.119. The number of amides is 3. The molecule has 0 aromatic carbocycles. The average molecular weight is 343 g/mol. The minimum atomic E-state index is -1.02. The summed E-state index contributed by atoms with van der Waals surface area (Å²) >= 11 is 1.38. The fraction of sp³-hybridized carbons (Fsp3) is 0.800. The van der Waals surface area contributed by atoms with Crippen LogP contribution in [0.5, 0.6) is 0 Å². The molecule has 2 saturated heterocycles. The average Bonchev–Trinajstić information content (AvgIpc) is 2.55. The van der Waals surface area contributed by atoms with Crippen molar-refractivity contribution >= 4 is 29.5 Å². The Morgan fingerprint density at radius 2 is 2.13 bits per heavy atom. The maximum atomic E-state index is 12.9. The number of carbonyl (C=O) groups excluding carboxylic acids is 3. The Kier molecular flexibility index (Phi) is 6.29. The Morgan fingerprint density at radius 3 is 2.74 bits per heavy atom. The number of carbonyl (C=O) groups is 3. The van der Waals surface area contributed by atoms with Crippen molar-refractivity contribution in [3.05, 3.63) is 0 Å². The number of nitrogens with one attached hydrogen (secondary N) is 1. The first-order chi connectivity index (χ1) is 11.0. The number of rotatable bonds is 6. The lowest BCUT2D eigenvalue weighted by Gasteiger charge is -2.49. The maximum absolute atomic E-state index is 12.9. The molecule has 130 valence electrons. The number of nitrogens with two attached hydrogens (primary N) is 1. The van der Waals surface area contributed by atoms with Crippen LogP contribution in [-0.4, -0.2) is 65.5 Å². The molecule has 2 fully saturated rings. The van der Waals surface area contributed by atoms with E-state index in [1.165, 1.54) is 16.7 Å². The van der Waals surface area contributed by atoms with E-state index >= 15 is 0 Å². The fourth-order valence-corrected chi connectivity index (χ4v) is 4.12. The van der Waals surface area contributed by atoms with Crippen molar-refractivity contribution in [2.45, 2.75) is 44.2 Å². The zero-order valence-corrected chi connectivity index (χ0v) is 14.3. The Hall–Kier alpha value is -1.28. The van der Waals surface area contributed by atoms with Crippen LogP contribution in [0.1, 0.15) is 32.6 Å². The van der Waals surface area contributed by atoms with Gasteiger partial charge in [-0.2, -0.15) is 0 Å². The summed E-state index contributed by atoms with van der Waals surface area (Å²) in [5.74, 6) is -0.239. The van der Waals surface area contributed by atoms with E-state index in [1.807, 2.05) is 6.92 Å². The highest BCUT2D eigenvalue weighted by Crippen LogP contribution is 2.34. The van der Waals surface area contributed by atoms with Gasteiger partial charge in [0.25, 0.3) is 0 Å². The number of primary amides is 1. The highest BCUT2D eigenvalue weighted by molar-refractivity contribution is 8.00. The number of thioether (sulfide) groups is 1. The third-order valence-electron chi connectivity index (χ3n) is 4.43. The Bertz CT molecular complexity index is 466. The first-order valence-electron chi connectivity index (χ1n) is 8.08. The number of hydrogen-bond donors (Lipinski definition) is 2. The fourth-order valence-electron chi connectivity index (χ4n) is 3.15. The van der Waals surface area contributed by atoms with E-state index in [4.69, 9.17) is 10.5 Å². The van der Waals surface area contributed by atoms with Gasteiger partial charge in [0.2, 0.25) is 17.7 Å². The van der Waals surface area contributed by atoms with Crippen LogP contribution in [0.25, 0.3) is 0 Å². The van der Waals surface area contributed by atoms with Gasteiger partial charge >= 0.3 is 0 Å². The molecule has 3 amide bonds. The second-order valence-electron chi connectivity index (χ2n) is 5.95. The van der Waals surface area contributed by atoms with E-state index in [2.05, 4.69) is 5.32 Å². The third-order valence-corrected chi connectivity index (χ3v) is 5.43. The highest BCUT2D eigenvalue weighted by Gasteiger charge is 2.52. The normalized spacial score (nSPS) is 24.3. The molecule has 0 saturated carbocycles. The number of ether oxygens (including phenoxy) is 1. The topological polar surface area (TPSA) is 102 Å². The van der Waals surface area contributed by atoms with Gasteiger partial charge in [-0.05, 0) is 6.42 Å². The van der Waals surface area contributed by atoms with Gasteiger partial charge in [-0.15, -0.1) is 11.8 Å². The molecule has 0 aromatic rings. The molecule has 2 aliphatic rings. The zero-order valence-electron chi connectivity index (χ0n) is 13.5. The second-order valence-corrected chi connectivity index (χ2v) is 6.98. The quantitative estimate of drug-likeness (QED) is 0.655. The summed E-state index contributed by atoms with van der Waals surface area (Å²) in [5.41, 5.74) is 4.47. The lowest BCUT2D eigenvalue weighted by atomic mass is 9.85. The standard InChI is InChI=1S/C15H25N3O4S/c1-2-3-6-17-14(21)15(4-7-22-8-5-15)18-11(13(16)20)9-23-10-12(18)19/h11H,2-10H2,1H3,(H2,16,20)(H,17,21). The Balaban J connectivity index is 2.29. The van der Waals surface area contributed by atoms with Gasteiger partial charge in [0.15, 0.2) is 0 Å². The molecule has 0 aromatic heterocycles. The minimum Gasteiger partial charge on any atom is -0.381 e. The lowest BCUT2D eigenvalue weighted by Crippen LogP contribution is -2.69. The van der Waals surface area contributed by atoms with Gasteiger partial charge in [0, 0.05) is 38.4 Å².